The number of anilines is 1. The number of carbonyl (C=O) groups is 3. The van der Waals surface area contributed by atoms with Crippen LogP contribution < -0.4 is 5.73 Å². The van der Waals surface area contributed by atoms with Crippen LogP contribution in [0.25, 0.3) is 0 Å². The first-order valence-corrected chi connectivity index (χ1v) is 8.09. The van der Waals surface area contributed by atoms with Crippen molar-refractivity contribution in [3.8, 4) is 0 Å². The zero-order chi connectivity index (χ0) is 18.2. The molecule has 7 nitrogen and oxygen atoms in total. The van der Waals surface area contributed by atoms with Gasteiger partial charge in [0.1, 0.15) is 10.6 Å². The number of Topliss-reactive ketones (excluding diaryl/α,β-unsaturated/α-hetero) is 2. The maximum absolute atomic E-state index is 12.6. The molecule has 2 aromatic rings. The smallest absolute Gasteiger partial charge is 0.343 e. The topological polar surface area (TPSA) is 115 Å². The van der Waals surface area contributed by atoms with E-state index in [2.05, 4.69) is 9.36 Å². The average Bonchev–Trinajstić information content (AvgIpc) is 2.97. The third kappa shape index (κ3) is 3.09. The van der Waals surface area contributed by atoms with Gasteiger partial charge < -0.3 is 15.5 Å². The van der Waals surface area contributed by atoms with Crippen molar-refractivity contribution < 1.29 is 19.1 Å². The van der Waals surface area contributed by atoms with E-state index in [1.54, 1.807) is 20.8 Å². The number of aryl methyl sites for hydroxylation is 2. The lowest BCUT2D eigenvalue weighted by molar-refractivity contribution is 0.0317. The molecule has 0 saturated heterocycles. The Morgan fingerprint density at radius 1 is 1.21 bits per heavy atom. The summed E-state index contributed by atoms with van der Waals surface area (Å²) in [7, 11) is 0. The van der Waals surface area contributed by atoms with Gasteiger partial charge in [0.15, 0.2) is 11.9 Å². The Morgan fingerprint density at radius 2 is 1.83 bits per heavy atom. The molecule has 24 heavy (non-hydrogen) atoms. The number of esters is 1. The molecule has 3 N–H and O–H groups in total. The predicted molar refractivity (Wildman–Crippen MR) is 90.7 cm³/mol. The number of nitrogens with two attached hydrogens (primary N) is 1. The third-order valence-corrected chi connectivity index (χ3v) is 4.55. The lowest BCUT2D eigenvalue weighted by Gasteiger charge is -2.12. The second kappa shape index (κ2) is 6.56. The van der Waals surface area contributed by atoms with Crippen LogP contribution in [0.4, 0.5) is 5.00 Å². The maximum atomic E-state index is 12.6. The number of H-pyrrole nitrogens is 1. The molecule has 0 amide bonds. The molecule has 0 saturated carbocycles. The van der Waals surface area contributed by atoms with E-state index in [4.69, 9.17) is 10.5 Å². The Labute approximate surface area is 143 Å². The molecule has 0 radical (unpaired) electrons. The van der Waals surface area contributed by atoms with Crippen LogP contribution in [-0.4, -0.2) is 33.0 Å². The number of nitrogens with one attached hydrogen (secondary N) is 1. The van der Waals surface area contributed by atoms with E-state index in [1.807, 2.05) is 0 Å². The van der Waals surface area contributed by atoms with Crippen LogP contribution in [0.1, 0.15) is 62.0 Å². The van der Waals surface area contributed by atoms with Gasteiger partial charge in [-0.1, -0.05) is 0 Å². The number of hydrogen-bond acceptors (Lipinski definition) is 7. The summed E-state index contributed by atoms with van der Waals surface area (Å²) in [6.45, 7) is 7.98. The first kappa shape index (κ1) is 17.9. The molecule has 0 aliphatic rings. The summed E-state index contributed by atoms with van der Waals surface area (Å²) in [5, 5.41) is 0.253. The van der Waals surface area contributed by atoms with Crippen LogP contribution in [0.5, 0.6) is 0 Å². The Balaban J connectivity index is 2.23. The van der Waals surface area contributed by atoms with Gasteiger partial charge in [-0.2, -0.15) is 4.37 Å². The van der Waals surface area contributed by atoms with Crippen molar-refractivity contribution in [3.05, 3.63) is 33.8 Å². The summed E-state index contributed by atoms with van der Waals surface area (Å²) in [5.41, 5.74) is 8.29. The number of hydrogen-bond donors (Lipinski definition) is 2. The van der Waals surface area contributed by atoms with E-state index in [1.165, 1.54) is 13.8 Å². The maximum Gasteiger partial charge on any atom is 0.343 e. The molecule has 0 aliphatic carbocycles. The van der Waals surface area contributed by atoms with Gasteiger partial charge in [0.2, 0.25) is 5.78 Å². The van der Waals surface area contributed by atoms with Crippen molar-refractivity contribution in [2.24, 2.45) is 0 Å². The van der Waals surface area contributed by atoms with Gasteiger partial charge in [0, 0.05) is 11.3 Å². The summed E-state index contributed by atoms with van der Waals surface area (Å²) in [6, 6.07) is 0. The summed E-state index contributed by atoms with van der Waals surface area (Å²) in [6.07, 6.45) is -1.02. The molecule has 8 heteroatoms. The molecule has 2 aromatic heterocycles. The number of rotatable bonds is 5. The average molecular weight is 349 g/mol. The monoisotopic (exact) mass is 349 g/mol. The minimum atomic E-state index is -1.02. The Hall–Kier alpha value is -2.48. The summed E-state index contributed by atoms with van der Waals surface area (Å²) >= 11 is 1.00. The molecular weight excluding hydrogens is 330 g/mol. The van der Waals surface area contributed by atoms with Crippen molar-refractivity contribution in [1.82, 2.24) is 9.36 Å². The van der Waals surface area contributed by atoms with Crippen molar-refractivity contribution in [2.75, 3.05) is 5.73 Å². The standard InChI is InChI=1S/C16H19N3O4S/c1-6-11(9(4)20)7(2)18-13(6)14(21)10(5)23-16(22)12-8(3)19-24-15(12)17/h10,18H,17H2,1-5H3. The van der Waals surface area contributed by atoms with Gasteiger partial charge in [0.05, 0.1) is 11.4 Å². The molecule has 0 spiro atoms. The number of aromatic amines is 1. The fraction of sp³-hybridized carbons (Fsp3) is 0.375. The van der Waals surface area contributed by atoms with E-state index < -0.39 is 17.9 Å². The highest BCUT2D eigenvalue weighted by atomic mass is 32.1. The Bertz CT molecular complexity index is 815. The van der Waals surface area contributed by atoms with Crippen molar-refractivity contribution in [1.29, 1.82) is 0 Å². The fourth-order valence-electron chi connectivity index (χ4n) is 2.64. The number of ether oxygens (including phenoxy) is 1. The van der Waals surface area contributed by atoms with E-state index in [-0.39, 0.29) is 22.0 Å². The lowest BCUT2D eigenvalue weighted by atomic mass is 10.0. The van der Waals surface area contributed by atoms with Crippen molar-refractivity contribution in [3.63, 3.8) is 0 Å². The first-order chi connectivity index (χ1) is 11.1. The van der Waals surface area contributed by atoms with E-state index in [0.29, 0.717) is 22.5 Å². The molecule has 2 rings (SSSR count). The van der Waals surface area contributed by atoms with Gasteiger partial charge >= 0.3 is 5.97 Å². The highest BCUT2D eigenvalue weighted by Crippen LogP contribution is 2.24. The minimum absolute atomic E-state index is 0.127. The van der Waals surface area contributed by atoms with Gasteiger partial charge in [-0.3, -0.25) is 9.59 Å². The quantitative estimate of drug-likeness (QED) is 0.633. The van der Waals surface area contributed by atoms with Gasteiger partial charge in [-0.25, -0.2) is 4.79 Å². The number of aromatic nitrogens is 2. The Morgan fingerprint density at radius 3 is 2.29 bits per heavy atom. The highest BCUT2D eigenvalue weighted by Gasteiger charge is 2.28. The van der Waals surface area contributed by atoms with Crippen molar-refractivity contribution >= 4 is 34.1 Å². The zero-order valence-corrected chi connectivity index (χ0v) is 15.0. The fourth-order valence-corrected chi connectivity index (χ4v) is 3.29. The van der Waals surface area contributed by atoms with Crippen LogP contribution >= 0.6 is 11.5 Å². The zero-order valence-electron chi connectivity index (χ0n) is 14.1. The van der Waals surface area contributed by atoms with E-state index >= 15 is 0 Å². The van der Waals surface area contributed by atoms with Gasteiger partial charge in [-0.15, -0.1) is 0 Å². The summed E-state index contributed by atoms with van der Waals surface area (Å²) < 4.78 is 9.21. The largest absolute Gasteiger partial charge is 0.450 e. The third-order valence-electron chi connectivity index (χ3n) is 3.78. The number of nitrogen functional groups attached to an aromatic ring is 1. The van der Waals surface area contributed by atoms with Crippen molar-refractivity contribution in [2.45, 2.75) is 40.7 Å². The molecule has 0 aliphatic heterocycles. The van der Waals surface area contributed by atoms with Gasteiger partial charge in [0.25, 0.3) is 0 Å². The molecule has 0 fully saturated rings. The molecular formula is C16H19N3O4S. The minimum Gasteiger partial charge on any atom is -0.450 e. The number of nitrogens with zero attached hydrogens (tertiary/aromatic N) is 1. The first-order valence-electron chi connectivity index (χ1n) is 7.32. The van der Waals surface area contributed by atoms with E-state index in [0.717, 1.165) is 11.5 Å². The summed E-state index contributed by atoms with van der Waals surface area (Å²) in [4.78, 5) is 39.3. The summed E-state index contributed by atoms with van der Waals surface area (Å²) in [5.74, 6) is -1.22. The molecule has 0 aromatic carbocycles. The van der Waals surface area contributed by atoms with Crippen LogP contribution in [0.3, 0.4) is 0 Å². The van der Waals surface area contributed by atoms with Gasteiger partial charge in [-0.05, 0) is 51.7 Å². The number of carbonyl (C=O) groups excluding carboxylic acids is 3. The molecule has 0 bridgehead atoms. The van der Waals surface area contributed by atoms with Crippen LogP contribution in [0.15, 0.2) is 0 Å². The number of ketones is 2. The Kier molecular flexibility index (Phi) is 4.88. The molecule has 1 unspecified atom stereocenters. The second-order valence-electron chi connectivity index (χ2n) is 5.60. The SMILES string of the molecule is CC(=O)c1c(C)[nH]c(C(=O)C(C)OC(=O)c2c(C)nsc2N)c1C. The molecule has 1 atom stereocenters. The molecule has 128 valence electrons. The molecule has 2 heterocycles. The second-order valence-corrected chi connectivity index (χ2v) is 6.41. The van der Waals surface area contributed by atoms with Crippen LogP contribution in [0, 0.1) is 20.8 Å². The predicted octanol–water partition coefficient (Wildman–Crippen LogP) is 2.61. The van der Waals surface area contributed by atoms with E-state index in [9.17, 15) is 14.4 Å². The lowest BCUT2D eigenvalue weighted by Crippen LogP contribution is -2.25. The van der Waals surface area contributed by atoms with Crippen LogP contribution in [0.2, 0.25) is 0 Å². The van der Waals surface area contributed by atoms with Crippen LogP contribution in [-0.2, 0) is 4.74 Å². The normalized spacial score (nSPS) is 12.0. The highest BCUT2D eigenvalue weighted by molar-refractivity contribution is 7.10.